The monoisotopic (exact) mass is 346 g/mol. The SMILES string of the molecule is CNS(=O)(=O)CC(=O)NC(c1ccccc1)c1ccc(C)c(C)c1. The number of hydrogen-bond donors (Lipinski definition) is 2. The van der Waals surface area contributed by atoms with Crippen molar-refractivity contribution in [2.24, 2.45) is 0 Å². The maximum atomic E-state index is 12.2. The van der Waals surface area contributed by atoms with E-state index in [4.69, 9.17) is 0 Å². The summed E-state index contributed by atoms with van der Waals surface area (Å²) in [6.45, 7) is 4.03. The van der Waals surface area contributed by atoms with E-state index in [1.165, 1.54) is 7.05 Å². The van der Waals surface area contributed by atoms with E-state index in [2.05, 4.69) is 10.0 Å². The smallest absolute Gasteiger partial charge is 0.237 e. The molecule has 0 aliphatic carbocycles. The molecule has 2 N–H and O–H groups in total. The van der Waals surface area contributed by atoms with Crippen molar-refractivity contribution in [2.45, 2.75) is 19.9 Å². The minimum atomic E-state index is -3.61. The highest BCUT2D eigenvalue weighted by Gasteiger charge is 2.21. The second-order valence-corrected chi connectivity index (χ2v) is 7.64. The Kier molecular flexibility index (Phi) is 5.75. The van der Waals surface area contributed by atoms with Gasteiger partial charge in [0.05, 0.1) is 6.04 Å². The third-order valence-corrected chi connectivity index (χ3v) is 5.20. The molecule has 2 aromatic rings. The predicted octanol–water partition coefficient (Wildman–Crippen LogP) is 2.06. The van der Waals surface area contributed by atoms with E-state index in [0.717, 1.165) is 22.3 Å². The average molecular weight is 346 g/mol. The van der Waals surface area contributed by atoms with Gasteiger partial charge in [0.25, 0.3) is 0 Å². The molecule has 2 aromatic carbocycles. The number of hydrogen-bond acceptors (Lipinski definition) is 3. The topological polar surface area (TPSA) is 75.3 Å². The van der Waals surface area contributed by atoms with Crippen LogP contribution < -0.4 is 10.0 Å². The molecule has 0 aliphatic rings. The molecule has 0 saturated heterocycles. The highest BCUT2D eigenvalue weighted by molar-refractivity contribution is 7.90. The first-order valence-electron chi connectivity index (χ1n) is 7.65. The molecule has 0 radical (unpaired) electrons. The van der Waals surface area contributed by atoms with Gasteiger partial charge in [-0.1, -0.05) is 48.5 Å². The summed E-state index contributed by atoms with van der Waals surface area (Å²) in [6.07, 6.45) is 0. The van der Waals surface area contributed by atoms with Crippen molar-refractivity contribution < 1.29 is 13.2 Å². The van der Waals surface area contributed by atoms with Crippen LogP contribution in [0, 0.1) is 13.8 Å². The quantitative estimate of drug-likeness (QED) is 0.841. The van der Waals surface area contributed by atoms with Gasteiger partial charge >= 0.3 is 0 Å². The lowest BCUT2D eigenvalue weighted by Gasteiger charge is -2.21. The van der Waals surface area contributed by atoms with Crippen LogP contribution in [0.25, 0.3) is 0 Å². The van der Waals surface area contributed by atoms with Crippen LogP contribution >= 0.6 is 0 Å². The minimum Gasteiger partial charge on any atom is -0.344 e. The lowest BCUT2D eigenvalue weighted by molar-refractivity contribution is -0.119. The third-order valence-electron chi connectivity index (χ3n) is 3.93. The normalized spacial score (nSPS) is 12.6. The molecular weight excluding hydrogens is 324 g/mol. The number of sulfonamides is 1. The maximum Gasteiger partial charge on any atom is 0.237 e. The Hall–Kier alpha value is -2.18. The first-order valence-corrected chi connectivity index (χ1v) is 9.30. The zero-order valence-corrected chi connectivity index (χ0v) is 14.9. The van der Waals surface area contributed by atoms with Gasteiger partial charge in [-0.2, -0.15) is 0 Å². The van der Waals surface area contributed by atoms with Gasteiger partial charge < -0.3 is 5.32 Å². The number of rotatable bonds is 6. The van der Waals surface area contributed by atoms with Gasteiger partial charge in [-0.15, -0.1) is 0 Å². The van der Waals surface area contributed by atoms with E-state index in [9.17, 15) is 13.2 Å². The highest BCUT2D eigenvalue weighted by atomic mass is 32.2. The van der Waals surface area contributed by atoms with E-state index in [1.54, 1.807) is 0 Å². The molecule has 24 heavy (non-hydrogen) atoms. The number of carbonyl (C=O) groups is 1. The lowest BCUT2D eigenvalue weighted by atomic mass is 9.95. The fourth-order valence-electron chi connectivity index (χ4n) is 2.40. The van der Waals surface area contributed by atoms with Crippen molar-refractivity contribution in [3.8, 4) is 0 Å². The van der Waals surface area contributed by atoms with Crippen molar-refractivity contribution in [2.75, 3.05) is 12.8 Å². The Balaban J connectivity index is 2.34. The van der Waals surface area contributed by atoms with Crippen molar-refractivity contribution in [1.29, 1.82) is 0 Å². The Bertz CT molecular complexity index is 817. The predicted molar refractivity (Wildman–Crippen MR) is 95.2 cm³/mol. The zero-order chi connectivity index (χ0) is 17.7. The third kappa shape index (κ3) is 4.66. The summed E-state index contributed by atoms with van der Waals surface area (Å²) in [5.74, 6) is -1.14. The van der Waals surface area contributed by atoms with Crippen LogP contribution in [0.1, 0.15) is 28.3 Å². The fraction of sp³-hybridized carbons (Fsp3) is 0.278. The van der Waals surface area contributed by atoms with E-state index < -0.39 is 27.7 Å². The van der Waals surface area contributed by atoms with Crippen LogP contribution in [0.5, 0.6) is 0 Å². The molecule has 0 fully saturated rings. The van der Waals surface area contributed by atoms with Crippen molar-refractivity contribution in [1.82, 2.24) is 10.0 Å². The molecule has 6 heteroatoms. The molecule has 0 bridgehead atoms. The molecule has 0 saturated carbocycles. The Morgan fingerprint density at radius 1 is 1.00 bits per heavy atom. The molecule has 128 valence electrons. The van der Waals surface area contributed by atoms with Gasteiger partial charge in [-0.25, -0.2) is 13.1 Å². The van der Waals surface area contributed by atoms with Crippen molar-refractivity contribution >= 4 is 15.9 Å². The molecule has 0 heterocycles. The summed E-state index contributed by atoms with van der Waals surface area (Å²) < 4.78 is 25.3. The van der Waals surface area contributed by atoms with Gasteiger partial charge in [-0.3, -0.25) is 4.79 Å². The number of benzene rings is 2. The number of amides is 1. The standard InChI is InChI=1S/C18H22N2O3S/c1-13-9-10-16(11-14(13)2)18(15-7-5-4-6-8-15)20-17(21)12-24(22,23)19-3/h4-11,18-19H,12H2,1-3H3,(H,20,21). The van der Waals surface area contributed by atoms with Gasteiger partial charge in [0, 0.05) is 0 Å². The van der Waals surface area contributed by atoms with Crippen LogP contribution in [0.4, 0.5) is 0 Å². The summed E-state index contributed by atoms with van der Waals surface area (Å²) in [5.41, 5.74) is 4.09. The molecule has 5 nitrogen and oxygen atoms in total. The zero-order valence-electron chi connectivity index (χ0n) is 14.0. The summed E-state index contributed by atoms with van der Waals surface area (Å²) in [7, 11) is -2.31. The molecule has 1 atom stereocenters. The second-order valence-electron chi connectivity index (χ2n) is 5.72. The van der Waals surface area contributed by atoms with Crippen LogP contribution in [0.15, 0.2) is 48.5 Å². The van der Waals surface area contributed by atoms with E-state index >= 15 is 0 Å². The van der Waals surface area contributed by atoms with E-state index in [1.807, 2.05) is 62.4 Å². The number of nitrogens with one attached hydrogen (secondary N) is 2. The van der Waals surface area contributed by atoms with Crippen molar-refractivity contribution in [3.63, 3.8) is 0 Å². The van der Waals surface area contributed by atoms with Crippen LogP contribution in [-0.4, -0.2) is 27.1 Å². The molecule has 1 unspecified atom stereocenters. The van der Waals surface area contributed by atoms with Crippen LogP contribution in [0.2, 0.25) is 0 Å². The Morgan fingerprint density at radius 2 is 1.67 bits per heavy atom. The van der Waals surface area contributed by atoms with Crippen LogP contribution in [-0.2, 0) is 14.8 Å². The molecule has 2 rings (SSSR count). The number of carbonyl (C=O) groups excluding carboxylic acids is 1. The summed E-state index contributed by atoms with van der Waals surface area (Å²) in [5, 5.41) is 2.83. The Morgan fingerprint density at radius 3 is 2.25 bits per heavy atom. The molecule has 0 spiro atoms. The van der Waals surface area contributed by atoms with Gasteiger partial charge in [0.15, 0.2) is 0 Å². The van der Waals surface area contributed by atoms with Gasteiger partial charge in [-0.05, 0) is 43.1 Å². The van der Waals surface area contributed by atoms with Crippen molar-refractivity contribution in [3.05, 3.63) is 70.8 Å². The second kappa shape index (κ2) is 7.59. The van der Waals surface area contributed by atoms with Crippen LogP contribution in [0.3, 0.4) is 0 Å². The van der Waals surface area contributed by atoms with Gasteiger partial charge in [0.1, 0.15) is 5.75 Å². The first kappa shape index (κ1) is 18.2. The molecule has 0 aromatic heterocycles. The summed E-state index contributed by atoms with van der Waals surface area (Å²) in [6, 6.07) is 15.1. The van der Waals surface area contributed by atoms with E-state index in [0.29, 0.717) is 0 Å². The molecular formula is C18H22N2O3S. The highest BCUT2D eigenvalue weighted by Crippen LogP contribution is 2.24. The summed E-state index contributed by atoms with van der Waals surface area (Å²) in [4.78, 5) is 12.2. The fourth-order valence-corrected chi connectivity index (χ4v) is 2.97. The maximum absolute atomic E-state index is 12.2. The van der Waals surface area contributed by atoms with Gasteiger partial charge in [0.2, 0.25) is 15.9 Å². The first-order chi connectivity index (χ1) is 11.3. The summed E-state index contributed by atoms with van der Waals surface area (Å²) >= 11 is 0. The largest absolute Gasteiger partial charge is 0.344 e. The average Bonchev–Trinajstić information content (AvgIpc) is 2.56. The molecule has 1 amide bonds. The Labute approximate surface area is 143 Å². The minimum absolute atomic E-state index is 0.398. The van der Waals surface area contributed by atoms with E-state index in [-0.39, 0.29) is 0 Å². The lowest BCUT2D eigenvalue weighted by Crippen LogP contribution is -2.37. The molecule has 0 aliphatic heterocycles. The number of aryl methyl sites for hydroxylation is 2.